The molecule has 0 saturated carbocycles. The van der Waals surface area contributed by atoms with Gasteiger partial charge in [0, 0.05) is 55.9 Å². The van der Waals surface area contributed by atoms with E-state index in [0.717, 1.165) is 24.7 Å². The van der Waals surface area contributed by atoms with Crippen molar-refractivity contribution >= 4 is 11.6 Å². The van der Waals surface area contributed by atoms with Crippen molar-refractivity contribution in [1.29, 1.82) is 0 Å². The minimum absolute atomic E-state index is 0.373. The molecule has 122 valence electrons. The van der Waals surface area contributed by atoms with E-state index < -0.39 is 0 Å². The average Bonchev–Trinajstić information content (AvgIpc) is 2.52. The highest BCUT2D eigenvalue weighted by atomic mass is 35.5. The molecule has 22 heavy (non-hydrogen) atoms. The first-order valence-electron chi connectivity index (χ1n) is 8.51. The van der Waals surface area contributed by atoms with Crippen molar-refractivity contribution in [3.63, 3.8) is 0 Å². The predicted octanol–water partition coefficient (Wildman–Crippen LogP) is 2.99. The van der Waals surface area contributed by atoms with E-state index in [0.29, 0.717) is 11.6 Å². The number of halogens is 1. The van der Waals surface area contributed by atoms with Crippen LogP contribution < -0.4 is 5.32 Å². The molecule has 0 unspecified atom stereocenters. The molecule has 1 aromatic carbocycles. The summed E-state index contributed by atoms with van der Waals surface area (Å²) in [6.07, 6.45) is 2.54. The summed E-state index contributed by atoms with van der Waals surface area (Å²) < 4.78 is 0. The smallest absolute Gasteiger partial charge is 0.0406 e. The second kappa shape index (κ2) is 6.88. The Kier molecular flexibility index (Phi) is 5.08. The third kappa shape index (κ3) is 3.65. The van der Waals surface area contributed by atoms with E-state index in [1.807, 2.05) is 12.1 Å². The average molecular weight is 322 g/mol. The van der Waals surface area contributed by atoms with Gasteiger partial charge in [0.2, 0.25) is 0 Å². The van der Waals surface area contributed by atoms with Gasteiger partial charge in [0.25, 0.3) is 0 Å². The van der Waals surface area contributed by atoms with Crippen LogP contribution in [0.3, 0.4) is 0 Å². The van der Waals surface area contributed by atoms with Gasteiger partial charge in [-0.1, -0.05) is 23.7 Å². The minimum atomic E-state index is 0.373. The molecule has 1 aromatic rings. The highest BCUT2D eigenvalue weighted by molar-refractivity contribution is 6.30. The maximum absolute atomic E-state index is 5.97. The molecule has 0 spiro atoms. The van der Waals surface area contributed by atoms with Gasteiger partial charge in [-0.25, -0.2) is 0 Å². The second-order valence-electron chi connectivity index (χ2n) is 7.15. The summed E-state index contributed by atoms with van der Waals surface area (Å²) in [4.78, 5) is 5.32. The standard InChI is InChI=1S/C18H28ClN3/c1-15-13-20-9-12-22(15)18(2)7-10-21(11-8-18)14-16-3-5-17(19)6-4-16/h3-6,15,20H,7-14H2,1-2H3/t15-/m0/s1. The zero-order valence-corrected chi connectivity index (χ0v) is 14.6. The Morgan fingerprint density at radius 2 is 1.86 bits per heavy atom. The Hall–Kier alpha value is -0.610. The molecule has 4 heteroatoms. The van der Waals surface area contributed by atoms with Gasteiger partial charge in [-0.3, -0.25) is 9.80 Å². The van der Waals surface area contributed by atoms with Crippen LogP contribution in [0.5, 0.6) is 0 Å². The SMILES string of the molecule is C[C@H]1CNCCN1C1(C)CCN(Cc2ccc(Cl)cc2)CC1. The van der Waals surface area contributed by atoms with Crippen molar-refractivity contribution in [3.8, 4) is 0 Å². The van der Waals surface area contributed by atoms with Gasteiger partial charge < -0.3 is 5.32 Å². The number of rotatable bonds is 3. The molecule has 3 rings (SSSR count). The van der Waals surface area contributed by atoms with Crippen LogP contribution in [0.4, 0.5) is 0 Å². The van der Waals surface area contributed by atoms with E-state index in [1.165, 1.54) is 38.0 Å². The van der Waals surface area contributed by atoms with Crippen molar-refractivity contribution in [2.75, 3.05) is 32.7 Å². The Balaban J connectivity index is 1.56. The van der Waals surface area contributed by atoms with Crippen molar-refractivity contribution in [1.82, 2.24) is 15.1 Å². The van der Waals surface area contributed by atoms with Gasteiger partial charge in [0.15, 0.2) is 0 Å². The molecule has 0 amide bonds. The first-order chi connectivity index (χ1) is 10.6. The van der Waals surface area contributed by atoms with Crippen molar-refractivity contribution < 1.29 is 0 Å². The molecule has 2 fully saturated rings. The Morgan fingerprint density at radius 3 is 2.50 bits per heavy atom. The number of piperidine rings is 1. The summed E-state index contributed by atoms with van der Waals surface area (Å²) in [6.45, 7) is 11.7. The van der Waals surface area contributed by atoms with E-state index in [2.05, 4.69) is 41.1 Å². The molecule has 1 N–H and O–H groups in total. The first kappa shape index (κ1) is 16.3. The number of nitrogens with one attached hydrogen (secondary N) is 1. The van der Waals surface area contributed by atoms with E-state index >= 15 is 0 Å². The van der Waals surface area contributed by atoms with E-state index in [-0.39, 0.29) is 0 Å². The maximum Gasteiger partial charge on any atom is 0.0406 e. The number of piperazine rings is 1. The van der Waals surface area contributed by atoms with Crippen molar-refractivity contribution in [2.45, 2.75) is 44.8 Å². The lowest BCUT2D eigenvalue weighted by Gasteiger charge is -2.51. The molecular weight excluding hydrogens is 294 g/mol. The molecule has 2 aliphatic heterocycles. The highest BCUT2D eigenvalue weighted by Gasteiger charge is 2.38. The maximum atomic E-state index is 5.97. The van der Waals surface area contributed by atoms with Crippen LogP contribution in [0.1, 0.15) is 32.3 Å². The van der Waals surface area contributed by atoms with Gasteiger partial charge in [0.05, 0.1) is 0 Å². The quantitative estimate of drug-likeness (QED) is 0.923. The largest absolute Gasteiger partial charge is 0.314 e. The van der Waals surface area contributed by atoms with Crippen LogP contribution in [0.15, 0.2) is 24.3 Å². The van der Waals surface area contributed by atoms with E-state index in [1.54, 1.807) is 0 Å². The van der Waals surface area contributed by atoms with Crippen LogP contribution in [-0.2, 0) is 6.54 Å². The van der Waals surface area contributed by atoms with E-state index in [9.17, 15) is 0 Å². The molecule has 1 atom stereocenters. The minimum Gasteiger partial charge on any atom is -0.314 e. The van der Waals surface area contributed by atoms with Crippen LogP contribution in [0, 0.1) is 0 Å². The molecule has 3 nitrogen and oxygen atoms in total. The predicted molar refractivity (Wildman–Crippen MR) is 93.4 cm³/mol. The monoisotopic (exact) mass is 321 g/mol. The van der Waals surface area contributed by atoms with Crippen molar-refractivity contribution in [3.05, 3.63) is 34.9 Å². The third-order valence-corrected chi connectivity index (χ3v) is 5.70. The lowest BCUT2D eigenvalue weighted by atomic mass is 9.85. The zero-order chi connectivity index (χ0) is 15.6. The molecule has 0 bridgehead atoms. The zero-order valence-electron chi connectivity index (χ0n) is 13.8. The number of nitrogens with zero attached hydrogens (tertiary/aromatic N) is 2. The highest BCUT2D eigenvalue weighted by Crippen LogP contribution is 2.31. The molecule has 0 radical (unpaired) electrons. The Morgan fingerprint density at radius 1 is 1.18 bits per heavy atom. The normalized spacial score (nSPS) is 27.0. The molecule has 0 aromatic heterocycles. The molecule has 2 heterocycles. The fourth-order valence-electron chi connectivity index (χ4n) is 3.97. The lowest BCUT2D eigenvalue weighted by Crippen LogP contribution is -2.62. The Bertz CT molecular complexity index is 480. The van der Waals surface area contributed by atoms with Crippen LogP contribution in [-0.4, -0.2) is 54.1 Å². The van der Waals surface area contributed by atoms with Gasteiger partial charge in [0.1, 0.15) is 0 Å². The Labute approximate surface area is 139 Å². The van der Waals surface area contributed by atoms with Crippen LogP contribution in [0.25, 0.3) is 0 Å². The summed E-state index contributed by atoms with van der Waals surface area (Å²) in [5, 5.41) is 4.33. The summed E-state index contributed by atoms with van der Waals surface area (Å²) in [5.74, 6) is 0. The number of benzene rings is 1. The molecular formula is C18H28ClN3. The fraction of sp³-hybridized carbons (Fsp3) is 0.667. The fourth-order valence-corrected chi connectivity index (χ4v) is 4.10. The van der Waals surface area contributed by atoms with Crippen molar-refractivity contribution in [2.24, 2.45) is 0 Å². The third-order valence-electron chi connectivity index (χ3n) is 5.45. The number of hydrogen-bond acceptors (Lipinski definition) is 3. The topological polar surface area (TPSA) is 18.5 Å². The van der Waals surface area contributed by atoms with Gasteiger partial charge >= 0.3 is 0 Å². The van der Waals surface area contributed by atoms with Gasteiger partial charge in [-0.15, -0.1) is 0 Å². The summed E-state index contributed by atoms with van der Waals surface area (Å²) in [5.41, 5.74) is 1.74. The van der Waals surface area contributed by atoms with Crippen LogP contribution >= 0.6 is 11.6 Å². The summed E-state index contributed by atoms with van der Waals surface area (Å²) >= 11 is 5.97. The van der Waals surface area contributed by atoms with E-state index in [4.69, 9.17) is 11.6 Å². The molecule has 2 aliphatic rings. The number of hydrogen-bond donors (Lipinski definition) is 1. The van der Waals surface area contributed by atoms with Crippen LogP contribution in [0.2, 0.25) is 5.02 Å². The van der Waals surface area contributed by atoms with Gasteiger partial charge in [-0.2, -0.15) is 0 Å². The second-order valence-corrected chi connectivity index (χ2v) is 7.58. The summed E-state index contributed by atoms with van der Waals surface area (Å²) in [6, 6.07) is 8.94. The first-order valence-corrected chi connectivity index (χ1v) is 8.89. The van der Waals surface area contributed by atoms with Gasteiger partial charge in [-0.05, 0) is 44.4 Å². The molecule has 2 saturated heterocycles. The number of likely N-dealkylation sites (tertiary alicyclic amines) is 1. The lowest BCUT2D eigenvalue weighted by molar-refractivity contribution is -0.00445. The molecule has 0 aliphatic carbocycles. The summed E-state index contributed by atoms with van der Waals surface area (Å²) in [7, 11) is 0.